The summed E-state index contributed by atoms with van der Waals surface area (Å²) in [5.41, 5.74) is 1.08. The number of piperidine rings is 1. The summed E-state index contributed by atoms with van der Waals surface area (Å²) < 4.78 is 0.946. The smallest absolute Gasteiger partial charge is 0.136 e. The number of nitrogens with zero attached hydrogens (tertiary/aromatic N) is 2. The molecule has 2 N–H and O–H groups in total. The number of rotatable bonds is 3. The van der Waals surface area contributed by atoms with E-state index in [9.17, 15) is 5.11 Å². The first-order valence-corrected chi connectivity index (χ1v) is 7.72. The molecular weight excluding hydrogens is 322 g/mol. The van der Waals surface area contributed by atoms with Gasteiger partial charge in [0, 0.05) is 23.5 Å². The second-order valence-electron chi connectivity index (χ2n) is 5.51. The van der Waals surface area contributed by atoms with Crippen LogP contribution in [-0.2, 0) is 4.84 Å². The van der Waals surface area contributed by atoms with Gasteiger partial charge < -0.3 is 15.3 Å². The number of aliphatic hydroxyl groups is 1. The van der Waals surface area contributed by atoms with Crippen molar-refractivity contribution in [2.75, 3.05) is 13.1 Å². The van der Waals surface area contributed by atoms with Gasteiger partial charge in [0.2, 0.25) is 0 Å². The van der Waals surface area contributed by atoms with Crippen molar-refractivity contribution in [1.82, 2.24) is 10.3 Å². The van der Waals surface area contributed by atoms with Gasteiger partial charge in [-0.1, -0.05) is 5.16 Å². The summed E-state index contributed by atoms with van der Waals surface area (Å²) in [5.74, 6) is 0. The SMILES string of the molecule is OC1(CC2CC(c3ccc(Br)cn3)=NO2)CCNCC1. The summed E-state index contributed by atoms with van der Waals surface area (Å²) in [6, 6.07) is 3.87. The quantitative estimate of drug-likeness (QED) is 0.881. The van der Waals surface area contributed by atoms with Crippen LogP contribution in [0, 0.1) is 0 Å². The lowest BCUT2D eigenvalue weighted by Gasteiger charge is -2.33. The average molecular weight is 340 g/mol. The fraction of sp³-hybridized carbons (Fsp3) is 0.571. The Morgan fingerprint density at radius 3 is 2.90 bits per heavy atom. The van der Waals surface area contributed by atoms with Crippen molar-refractivity contribution in [1.29, 1.82) is 0 Å². The van der Waals surface area contributed by atoms with Gasteiger partial charge in [-0.15, -0.1) is 0 Å². The molecule has 0 spiro atoms. The van der Waals surface area contributed by atoms with Crippen LogP contribution in [0.15, 0.2) is 28.0 Å². The normalized spacial score (nSPS) is 25.1. The highest BCUT2D eigenvalue weighted by Crippen LogP contribution is 2.29. The summed E-state index contributed by atoms with van der Waals surface area (Å²) in [5, 5.41) is 17.9. The van der Waals surface area contributed by atoms with Crippen LogP contribution in [0.25, 0.3) is 0 Å². The molecule has 108 valence electrons. The van der Waals surface area contributed by atoms with Crippen LogP contribution in [0.5, 0.6) is 0 Å². The first-order chi connectivity index (χ1) is 9.65. The van der Waals surface area contributed by atoms with Crippen LogP contribution in [-0.4, -0.2) is 40.6 Å². The zero-order valence-corrected chi connectivity index (χ0v) is 12.8. The van der Waals surface area contributed by atoms with Gasteiger partial charge in [-0.05, 0) is 54.0 Å². The van der Waals surface area contributed by atoms with Gasteiger partial charge in [-0.25, -0.2) is 0 Å². The molecule has 0 amide bonds. The molecule has 3 rings (SSSR count). The number of nitrogens with one attached hydrogen (secondary N) is 1. The molecule has 3 heterocycles. The van der Waals surface area contributed by atoms with E-state index in [2.05, 4.69) is 31.4 Å². The van der Waals surface area contributed by atoms with Gasteiger partial charge in [0.1, 0.15) is 11.8 Å². The van der Waals surface area contributed by atoms with E-state index >= 15 is 0 Å². The van der Waals surface area contributed by atoms with Gasteiger partial charge in [-0.3, -0.25) is 4.98 Å². The van der Waals surface area contributed by atoms with E-state index < -0.39 is 5.60 Å². The highest BCUT2D eigenvalue weighted by atomic mass is 79.9. The van der Waals surface area contributed by atoms with Crippen molar-refractivity contribution in [2.24, 2.45) is 5.16 Å². The molecule has 0 aliphatic carbocycles. The molecule has 0 aromatic carbocycles. The number of aromatic nitrogens is 1. The van der Waals surface area contributed by atoms with Gasteiger partial charge in [0.15, 0.2) is 0 Å². The molecule has 20 heavy (non-hydrogen) atoms. The molecule has 1 fully saturated rings. The average Bonchev–Trinajstić information content (AvgIpc) is 2.88. The summed E-state index contributed by atoms with van der Waals surface area (Å²) in [4.78, 5) is 9.80. The Morgan fingerprint density at radius 1 is 1.40 bits per heavy atom. The van der Waals surface area contributed by atoms with Crippen molar-refractivity contribution in [3.8, 4) is 0 Å². The molecular formula is C14H18BrN3O2. The molecule has 6 heteroatoms. The molecule has 2 aliphatic heterocycles. The molecule has 1 aromatic rings. The van der Waals surface area contributed by atoms with E-state index in [1.54, 1.807) is 6.20 Å². The van der Waals surface area contributed by atoms with Crippen LogP contribution in [0.4, 0.5) is 0 Å². The van der Waals surface area contributed by atoms with Crippen LogP contribution >= 0.6 is 15.9 Å². The molecule has 1 saturated heterocycles. The van der Waals surface area contributed by atoms with Crippen LogP contribution < -0.4 is 5.32 Å². The summed E-state index contributed by atoms with van der Waals surface area (Å²) in [6.45, 7) is 1.73. The summed E-state index contributed by atoms with van der Waals surface area (Å²) >= 11 is 3.37. The maximum Gasteiger partial charge on any atom is 0.136 e. The molecule has 1 aromatic heterocycles. The van der Waals surface area contributed by atoms with Crippen molar-refractivity contribution in [2.45, 2.75) is 37.4 Å². The summed E-state index contributed by atoms with van der Waals surface area (Å²) in [6.07, 6.45) is 4.62. The Kier molecular flexibility index (Phi) is 4.05. The molecule has 5 nitrogen and oxygen atoms in total. The number of oxime groups is 1. The van der Waals surface area contributed by atoms with Crippen LogP contribution in [0.1, 0.15) is 31.4 Å². The monoisotopic (exact) mass is 339 g/mol. The Balaban J connectivity index is 1.60. The third-order valence-electron chi connectivity index (χ3n) is 3.90. The van der Waals surface area contributed by atoms with Gasteiger partial charge >= 0.3 is 0 Å². The third-order valence-corrected chi connectivity index (χ3v) is 4.37. The minimum absolute atomic E-state index is 0.0430. The Labute approximate surface area is 126 Å². The van der Waals surface area contributed by atoms with E-state index in [-0.39, 0.29) is 6.10 Å². The number of hydrogen-bond donors (Lipinski definition) is 2. The topological polar surface area (TPSA) is 66.7 Å². The molecule has 0 saturated carbocycles. The second kappa shape index (κ2) is 5.79. The van der Waals surface area contributed by atoms with Crippen LogP contribution in [0.2, 0.25) is 0 Å². The lowest BCUT2D eigenvalue weighted by atomic mass is 9.85. The molecule has 0 radical (unpaired) electrons. The minimum atomic E-state index is -0.617. The van der Waals surface area contributed by atoms with Gasteiger partial charge in [0.05, 0.1) is 11.3 Å². The first-order valence-electron chi connectivity index (χ1n) is 6.92. The Morgan fingerprint density at radius 2 is 2.20 bits per heavy atom. The lowest BCUT2D eigenvalue weighted by molar-refractivity contribution is -0.0453. The molecule has 0 bridgehead atoms. The predicted molar refractivity (Wildman–Crippen MR) is 79.6 cm³/mol. The molecule has 1 atom stereocenters. The van der Waals surface area contributed by atoms with E-state index in [4.69, 9.17) is 4.84 Å². The fourth-order valence-corrected chi connectivity index (χ4v) is 2.99. The highest BCUT2D eigenvalue weighted by molar-refractivity contribution is 9.10. The highest BCUT2D eigenvalue weighted by Gasteiger charge is 2.35. The number of halogens is 1. The lowest BCUT2D eigenvalue weighted by Crippen LogP contribution is -2.44. The second-order valence-corrected chi connectivity index (χ2v) is 6.43. The van der Waals surface area contributed by atoms with Gasteiger partial charge in [0.25, 0.3) is 0 Å². The van der Waals surface area contributed by atoms with Crippen molar-refractivity contribution in [3.63, 3.8) is 0 Å². The summed E-state index contributed by atoms with van der Waals surface area (Å²) in [7, 11) is 0. The van der Waals surface area contributed by atoms with Gasteiger partial charge in [-0.2, -0.15) is 0 Å². The fourth-order valence-electron chi connectivity index (χ4n) is 2.76. The third kappa shape index (κ3) is 3.19. The Bertz CT molecular complexity index is 498. The maximum absolute atomic E-state index is 10.5. The first kappa shape index (κ1) is 14.0. The van der Waals surface area contributed by atoms with E-state index in [0.717, 1.165) is 41.8 Å². The van der Waals surface area contributed by atoms with Crippen molar-refractivity contribution >= 4 is 21.6 Å². The van der Waals surface area contributed by atoms with E-state index in [0.29, 0.717) is 12.8 Å². The Hall–Kier alpha value is -0.980. The number of hydrogen-bond acceptors (Lipinski definition) is 5. The molecule has 2 aliphatic rings. The van der Waals surface area contributed by atoms with E-state index in [1.807, 2.05) is 12.1 Å². The maximum atomic E-state index is 10.5. The zero-order chi connectivity index (χ0) is 14.0. The standard InChI is InChI=1S/C14H18BrN3O2/c15-10-1-2-12(17-9-10)13-7-11(20-18-13)8-14(19)3-5-16-6-4-14/h1-2,9,11,16,19H,3-8H2. The largest absolute Gasteiger partial charge is 0.392 e. The minimum Gasteiger partial charge on any atom is -0.392 e. The predicted octanol–water partition coefficient (Wildman–Crippen LogP) is 1.84. The van der Waals surface area contributed by atoms with Crippen molar-refractivity contribution in [3.05, 3.63) is 28.5 Å². The zero-order valence-electron chi connectivity index (χ0n) is 11.2. The van der Waals surface area contributed by atoms with E-state index in [1.165, 1.54) is 0 Å². The number of pyridine rings is 1. The molecule has 1 unspecified atom stereocenters. The van der Waals surface area contributed by atoms with Crippen LogP contribution in [0.3, 0.4) is 0 Å². The van der Waals surface area contributed by atoms with Crippen molar-refractivity contribution < 1.29 is 9.94 Å².